The Morgan fingerprint density at radius 1 is 0.758 bits per heavy atom. The molecule has 33 heavy (non-hydrogen) atoms. The lowest BCUT2D eigenvalue weighted by Crippen LogP contribution is -2.26. The fraction of sp³-hybridized carbons (Fsp3) is 0.724. The van der Waals surface area contributed by atoms with Crippen LogP contribution in [0.25, 0.3) is 0 Å². The number of hydrogen-bond acceptors (Lipinski definition) is 3. The number of benzene rings is 1. The van der Waals surface area contributed by atoms with E-state index in [1.165, 1.54) is 89.2 Å². The molecule has 0 heterocycles. The standard InChI is InChI=1S/C29H48O4/c1-4-6-7-8-9-10-11-12-13-14-15-16-17-18-23-27(24(3)5-2)33-29(32)26-22-20-19-21-25(26)28(30)31/h19-22,24,27H,4-18,23H2,1-3H3,(H,30,31). The molecule has 1 aromatic carbocycles. The number of carboxylic acids is 1. The lowest BCUT2D eigenvalue weighted by Gasteiger charge is -2.23. The minimum Gasteiger partial charge on any atom is -0.478 e. The van der Waals surface area contributed by atoms with Crippen molar-refractivity contribution in [2.45, 2.75) is 130 Å². The summed E-state index contributed by atoms with van der Waals surface area (Å²) in [5.41, 5.74) is 0.140. The molecule has 0 aliphatic carbocycles. The molecule has 0 aromatic heterocycles. The summed E-state index contributed by atoms with van der Waals surface area (Å²) in [5.74, 6) is -1.37. The number of carboxylic acid groups (broad SMARTS) is 1. The van der Waals surface area contributed by atoms with Gasteiger partial charge >= 0.3 is 11.9 Å². The van der Waals surface area contributed by atoms with Crippen LogP contribution in [0.1, 0.15) is 144 Å². The summed E-state index contributed by atoms with van der Waals surface area (Å²) < 4.78 is 5.79. The molecule has 2 unspecified atom stereocenters. The molecular weight excluding hydrogens is 412 g/mol. The third kappa shape index (κ3) is 12.8. The second-order valence-corrected chi connectivity index (χ2v) is 9.56. The SMILES string of the molecule is CCCCCCCCCCCCCCCCC(OC(=O)c1ccccc1C(=O)O)C(C)CC. The van der Waals surface area contributed by atoms with E-state index in [1.54, 1.807) is 12.1 Å². The summed E-state index contributed by atoms with van der Waals surface area (Å²) in [6.45, 7) is 6.47. The van der Waals surface area contributed by atoms with E-state index in [9.17, 15) is 14.7 Å². The molecule has 0 aliphatic heterocycles. The Morgan fingerprint density at radius 3 is 1.67 bits per heavy atom. The van der Waals surface area contributed by atoms with Crippen LogP contribution in [0.15, 0.2) is 24.3 Å². The van der Waals surface area contributed by atoms with Crippen LogP contribution in [0.3, 0.4) is 0 Å². The maximum absolute atomic E-state index is 12.7. The number of rotatable bonds is 20. The van der Waals surface area contributed by atoms with E-state index in [0.717, 1.165) is 25.7 Å². The highest BCUT2D eigenvalue weighted by molar-refractivity contribution is 6.02. The van der Waals surface area contributed by atoms with Crippen LogP contribution in [0.5, 0.6) is 0 Å². The minimum absolute atomic E-state index is 0.00175. The summed E-state index contributed by atoms with van der Waals surface area (Å²) in [4.78, 5) is 24.1. The smallest absolute Gasteiger partial charge is 0.339 e. The highest BCUT2D eigenvalue weighted by Gasteiger charge is 2.24. The zero-order valence-corrected chi connectivity index (χ0v) is 21.4. The maximum atomic E-state index is 12.7. The van der Waals surface area contributed by atoms with Gasteiger partial charge in [-0.05, 0) is 30.9 Å². The van der Waals surface area contributed by atoms with Crippen molar-refractivity contribution >= 4 is 11.9 Å². The first-order valence-electron chi connectivity index (χ1n) is 13.5. The minimum atomic E-state index is -1.10. The number of unbranched alkanes of at least 4 members (excludes halogenated alkanes) is 13. The highest BCUT2D eigenvalue weighted by atomic mass is 16.5. The average Bonchev–Trinajstić information content (AvgIpc) is 2.82. The van der Waals surface area contributed by atoms with Crippen molar-refractivity contribution in [1.29, 1.82) is 0 Å². The summed E-state index contributed by atoms with van der Waals surface area (Å²) in [7, 11) is 0. The van der Waals surface area contributed by atoms with Crippen LogP contribution < -0.4 is 0 Å². The molecule has 1 N–H and O–H groups in total. The lowest BCUT2D eigenvalue weighted by atomic mass is 9.95. The molecule has 1 aromatic rings. The number of carbonyl (C=O) groups is 2. The molecule has 0 amide bonds. The number of esters is 1. The Morgan fingerprint density at radius 2 is 1.21 bits per heavy atom. The van der Waals surface area contributed by atoms with Gasteiger partial charge in [-0.3, -0.25) is 0 Å². The van der Waals surface area contributed by atoms with Gasteiger partial charge in [0.15, 0.2) is 0 Å². The van der Waals surface area contributed by atoms with Crippen LogP contribution in [0, 0.1) is 5.92 Å². The third-order valence-corrected chi connectivity index (χ3v) is 6.76. The van der Waals surface area contributed by atoms with Gasteiger partial charge in [-0.15, -0.1) is 0 Å². The number of hydrogen-bond donors (Lipinski definition) is 1. The van der Waals surface area contributed by atoms with Gasteiger partial charge in [-0.1, -0.05) is 123 Å². The summed E-state index contributed by atoms with van der Waals surface area (Å²) in [6.07, 6.45) is 20.1. The molecule has 0 spiro atoms. The average molecular weight is 461 g/mol. The Bertz CT molecular complexity index is 655. The zero-order chi connectivity index (χ0) is 24.3. The molecule has 0 radical (unpaired) electrons. The van der Waals surface area contributed by atoms with Crippen molar-refractivity contribution in [2.75, 3.05) is 0 Å². The van der Waals surface area contributed by atoms with Crippen molar-refractivity contribution in [3.63, 3.8) is 0 Å². The molecule has 4 nitrogen and oxygen atoms in total. The number of carbonyl (C=O) groups excluding carboxylic acids is 1. The number of ether oxygens (including phenoxy) is 1. The molecule has 1 rings (SSSR count). The van der Waals surface area contributed by atoms with Crippen LogP contribution in [0.2, 0.25) is 0 Å². The van der Waals surface area contributed by atoms with E-state index >= 15 is 0 Å². The van der Waals surface area contributed by atoms with E-state index in [2.05, 4.69) is 20.8 Å². The molecule has 0 fully saturated rings. The molecule has 0 bridgehead atoms. The van der Waals surface area contributed by atoms with Gasteiger partial charge in [0.2, 0.25) is 0 Å². The van der Waals surface area contributed by atoms with Gasteiger partial charge in [0.1, 0.15) is 6.10 Å². The van der Waals surface area contributed by atoms with Crippen LogP contribution in [-0.2, 0) is 4.74 Å². The van der Waals surface area contributed by atoms with Crippen molar-refractivity contribution < 1.29 is 19.4 Å². The molecule has 188 valence electrons. The van der Waals surface area contributed by atoms with E-state index in [4.69, 9.17) is 4.74 Å². The van der Waals surface area contributed by atoms with Crippen molar-refractivity contribution in [3.05, 3.63) is 35.4 Å². The summed E-state index contributed by atoms with van der Waals surface area (Å²) in [5, 5.41) is 9.34. The molecule has 0 aliphatic rings. The van der Waals surface area contributed by atoms with Crippen LogP contribution in [-0.4, -0.2) is 23.1 Å². The lowest BCUT2D eigenvalue weighted by molar-refractivity contribution is 0.0119. The topological polar surface area (TPSA) is 63.6 Å². The molecule has 0 saturated carbocycles. The number of aromatic carboxylic acids is 1. The molecule has 2 atom stereocenters. The van der Waals surface area contributed by atoms with Gasteiger partial charge in [-0.2, -0.15) is 0 Å². The second kappa shape index (κ2) is 18.6. The van der Waals surface area contributed by atoms with Gasteiger partial charge in [0, 0.05) is 0 Å². The predicted molar refractivity (Wildman–Crippen MR) is 137 cm³/mol. The van der Waals surface area contributed by atoms with Gasteiger partial charge in [-0.25, -0.2) is 9.59 Å². The normalized spacial score (nSPS) is 12.9. The fourth-order valence-electron chi connectivity index (χ4n) is 4.31. The van der Waals surface area contributed by atoms with Crippen LogP contribution in [0.4, 0.5) is 0 Å². The van der Waals surface area contributed by atoms with Crippen molar-refractivity contribution in [2.24, 2.45) is 5.92 Å². The predicted octanol–water partition coefficient (Wildman–Crippen LogP) is 8.83. The van der Waals surface area contributed by atoms with Crippen molar-refractivity contribution in [1.82, 2.24) is 0 Å². The largest absolute Gasteiger partial charge is 0.478 e. The van der Waals surface area contributed by atoms with Gasteiger partial charge < -0.3 is 9.84 Å². The molecule has 4 heteroatoms. The highest BCUT2D eigenvalue weighted by Crippen LogP contribution is 2.22. The van der Waals surface area contributed by atoms with Gasteiger partial charge in [0.05, 0.1) is 11.1 Å². The second-order valence-electron chi connectivity index (χ2n) is 9.56. The van der Waals surface area contributed by atoms with E-state index in [1.807, 2.05) is 0 Å². The van der Waals surface area contributed by atoms with Crippen LogP contribution >= 0.6 is 0 Å². The van der Waals surface area contributed by atoms with E-state index < -0.39 is 11.9 Å². The van der Waals surface area contributed by atoms with E-state index in [-0.39, 0.29) is 23.1 Å². The summed E-state index contributed by atoms with van der Waals surface area (Å²) >= 11 is 0. The monoisotopic (exact) mass is 460 g/mol. The Labute approximate surface area is 202 Å². The molecular formula is C29H48O4. The Hall–Kier alpha value is -1.84. The first kappa shape index (κ1) is 29.2. The zero-order valence-electron chi connectivity index (χ0n) is 21.4. The summed E-state index contributed by atoms with van der Waals surface area (Å²) in [6, 6.07) is 6.28. The Kier molecular flexibility index (Phi) is 16.4. The Balaban J connectivity index is 2.23. The van der Waals surface area contributed by atoms with E-state index in [0.29, 0.717) is 0 Å². The fourth-order valence-corrected chi connectivity index (χ4v) is 4.31. The third-order valence-electron chi connectivity index (χ3n) is 6.76. The quantitative estimate of drug-likeness (QED) is 0.156. The first-order valence-corrected chi connectivity index (χ1v) is 13.5. The molecule has 0 saturated heterocycles. The van der Waals surface area contributed by atoms with Crippen molar-refractivity contribution in [3.8, 4) is 0 Å². The maximum Gasteiger partial charge on any atom is 0.339 e. The first-order chi connectivity index (χ1) is 16.0. The van der Waals surface area contributed by atoms with Gasteiger partial charge in [0.25, 0.3) is 0 Å².